The number of nitrogens with one attached hydrogen (secondary N) is 1. The maximum atomic E-state index is 12.7. The number of carbonyl (C=O) groups excluding carboxylic acids is 1. The second-order valence-corrected chi connectivity index (χ2v) is 7.66. The molecule has 1 N–H and O–H groups in total. The number of nitrogens with zero attached hydrogens (tertiary/aromatic N) is 2. The fourth-order valence-electron chi connectivity index (χ4n) is 2.98. The maximum absolute atomic E-state index is 12.7. The van der Waals surface area contributed by atoms with Crippen molar-refractivity contribution < 1.29 is 4.79 Å². The van der Waals surface area contributed by atoms with E-state index < -0.39 is 0 Å². The fourth-order valence-corrected chi connectivity index (χ4v) is 3.60. The van der Waals surface area contributed by atoms with E-state index in [9.17, 15) is 4.79 Å². The van der Waals surface area contributed by atoms with Crippen LogP contribution in [0.25, 0.3) is 5.69 Å². The van der Waals surface area contributed by atoms with Gasteiger partial charge < -0.3 is 5.32 Å². The molecule has 28 heavy (non-hydrogen) atoms. The van der Waals surface area contributed by atoms with E-state index >= 15 is 0 Å². The van der Waals surface area contributed by atoms with Gasteiger partial charge in [-0.1, -0.05) is 54.2 Å². The van der Waals surface area contributed by atoms with Crippen LogP contribution in [-0.4, -0.2) is 22.2 Å². The predicted molar refractivity (Wildman–Crippen MR) is 115 cm³/mol. The molecule has 0 aliphatic heterocycles. The molecule has 0 aliphatic carbocycles. The topological polar surface area (TPSA) is 46.9 Å². The van der Waals surface area contributed by atoms with E-state index in [4.69, 9.17) is 34.8 Å². The lowest BCUT2D eigenvalue weighted by molar-refractivity contribution is 0.0953. The molecule has 7 heteroatoms. The Balaban J connectivity index is 1.73. The minimum absolute atomic E-state index is 0.145. The lowest BCUT2D eigenvalue weighted by Crippen LogP contribution is -2.26. The Morgan fingerprint density at radius 1 is 1.04 bits per heavy atom. The molecular weight excluding hydrogens is 417 g/mol. The molecule has 0 saturated heterocycles. The van der Waals surface area contributed by atoms with Crippen molar-refractivity contribution in [3.8, 4) is 5.69 Å². The smallest absolute Gasteiger partial charge is 0.254 e. The summed E-state index contributed by atoms with van der Waals surface area (Å²) in [6, 6.07) is 12.8. The average Bonchev–Trinajstić information content (AvgIpc) is 3.08. The highest BCUT2D eigenvalue weighted by Gasteiger charge is 2.17. The second kappa shape index (κ2) is 9.46. The third-order valence-electron chi connectivity index (χ3n) is 4.37. The van der Waals surface area contributed by atoms with Crippen LogP contribution in [0, 0.1) is 0 Å². The molecule has 4 nitrogen and oxygen atoms in total. The fraction of sp³-hybridized carbons (Fsp3) is 0.238. The van der Waals surface area contributed by atoms with E-state index in [2.05, 4.69) is 17.3 Å². The first-order valence-electron chi connectivity index (χ1n) is 9.04. The molecular formula is C21H20Cl3N3O. The molecule has 3 rings (SSSR count). The molecule has 1 aromatic heterocycles. The van der Waals surface area contributed by atoms with Crippen molar-refractivity contribution in [3.05, 3.63) is 80.6 Å². The second-order valence-electron chi connectivity index (χ2n) is 6.38. The summed E-state index contributed by atoms with van der Waals surface area (Å²) in [5.41, 5.74) is 3.28. The van der Waals surface area contributed by atoms with Crippen LogP contribution in [0.3, 0.4) is 0 Å². The highest BCUT2D eigenvalue weighted by Crippen LogP contribution is 2.22. The third kappa shape index (κ3) is 4.88. The van der Waals surface area contributed by atoms with Gasteiger partial charge in [-0.25, -0.2) is 4.68 Å². The lowest BCUT2D eigenvalue weighted by Gasteiger charge is -2.10. The van der Waals surface area contributed by atoms with Crippen LogP contribution in [0.4, 0.5) is 0 Å². The van der Waals surface area contributed by atoms with Crippen molar-refractivity contribution in [2.24, 2.45) is 0 Å². The predicted octanol–water partition coefficient (Wildman–Crippen LogP) is 5.76. The number of carbonyl (C=O) groups is 1. The average molecular weight is 437 g/mol. The van der Waals surface area contributed by atoms with Gasteiger partial charge in [-0.2, -0.15) is 5.10 Å². The van der Waals surface area contributed by atoms with Crippen molar-refractivity contribution in [1.29, 1.82) is 0 Å². The molecule has 1 heterocycles. The first-order valence-corrected chi connectivity index (χ1v) is 10.2. The summed E-state index contributed by atoms with van der Waals surface area (Å²) in [4.78, 5) is 12.7. The van der Waals surface area contributed by atoms with Gasteiger partial charge in [-0.15, -0.1) is 0 Å². The van der Waals surface area contributed by atoms with Crippen LogP contribution in [0.1, 0.15) is 35.0 Å². The third-order valence-corrected chi connectivity index (χ3v) is 5.21. The van der Waals surface area contributed by atoms with Gasteiger partial charge in [0.05, 0.1) is 23.1 Å². The van der Waals surface area contributed by atoms with Gasteiger partial charge in [0.25, 0.3) is 5.91 Å². The molecule has 2 aromatic carbocycles. The van der Waals surface area contributed by atoms with Crippen LogP contribution < -0.4 is 5.32 Å². The largest absolute Gasteiger partial charge is 0.352 e. The van der Waals surface area contributed by atoms with Crippen LogP contribution in [0.15, 0.2) is 48.7 Å². The number of hydrogen-bond acceptors (Lipinski definition) is 2. The molecule has 0 radical (unpaired) electrons. The summed E-state index contributed by atoms with van der Waals surface area (Å²) in [6.07, 6.45) is 3.88. The van der Waals surface area contributed by atoms with E-state index in [-0.39, 0.29) is 5.91 Å². The van der Waals surface area contributed by atoms with Crippen molar-refractivity contribution in [1.82, 2.24) is 15.1 Å². The Labute approximate surface area is 179 Å². The summed E-state index contributed by atoms with van der Waals surface area (Å²) in [6.45, 7) is 2.54. The van der Waals surface area contributed by atoms with Gasteiger partial charge in [-0.3, -0.25) is 4.79 Å². The normalized spacial score (nSPS) is 10.9. The lowest BCUT2D eigenvalue weighted by atomic mass is 10.1. The first kappa shape index (κ1) is 20.7. The Morgan fingerprint density at radius 3 is 2.43 bits per heavy atom. The highest BCUT2D eigenvalue weighted by atomic mass is 35.5. The molecule has 0 bridgehead atoms. The van der Waals surface area contributed by atoms with Crippen molar-refractivity contribution >= 4 is 40.7 Å². The van der Waals surface area contributed by atoms with Crippen LogP contribution >= 0.6 is 34.8 Å². The zero-order chi connectivity index (χ0) is 20.1. The molecule has 0 spiro atoms. The van der Waals surface area contributed by atoms with Gasteiger partial charge in [0, 0.05) is 21.6 Å². The summed E-state index contributed by atoms with van der Waals surface area (Å²) >= 11 is 18.1. The minimum Gasteiger partial charge on any atom is -0.352 e. The highest BCUT2D eigenvalue weighted by molar-refractivity contribution is 6.35. The number of aromatic nitrogens is 2. The van der Waals surface area contributed by atoms with Gasteiger partial charge in [0.1, 0.15) is 0 Å². The molecule has 0 fully saturated rings. The van der Waals surface area contributed by atoms with Gasteiger partial charge in [-0.05, 0) is 54.8 Å². The van der Waals surface area contributed by atoms with E-state index in [0.717, 1.165) is 29.8 Å². The molecule has 0 aliphatic rings. The van der Waals surface area contributed by atoms with Crippen LogP contribution in [-0.2, 0) is 12.8 Å². The molecule has 0 unspecified atom stereocenters. The van der Waals surface area contributed by atoms with Crippen molar-refractivity contribution in [2.75, 3.05) is 6.54 Å². The number of amides is 1. The summed E-state index contributed by atoms with van der Waals surface area (Å²) in [7, 11) is 0. The SMILES string of the molecule is CCCc1c(C(=O)NCCc2ccc(Cl)cc2Cl)cnn1-c1ccc(Cl)cc1. The summed E-state index contributed by atoms with van der Waals surface area (Å²) < 4.78 is 1.80. The molecule has 0 saturated carbocycles. The van der Waals surface area contributed by atoms with E-state index in [0.29, 0.717) is 33.6 Å². The van der Waals surface area contributed by atoms with Crippen LogP contribution in [0.5, 0.6) is 0 Å². The van der Waals surface area contributed by atoms with Crippen molar-refractivity contribution in [2.45, 2.75) is 26.2 Å². The molecule has 3 aromatic rings. The van der Waals surface area contributed by atoms with E-state index in [1.165, 1.54) is 0 Å². The van der Waals surface area contributed by atoms with E-state index in [1.807, 2.05) is 30.3 Å². The Bertz CT molecular complexity index is 968. The number of halogens is 3. The van der Waals surface area contributed by atoms with E-state index in [1.54, 1.807) is 23.0 Å². The zero-order valence-electron chi connectivity index (χ0n) is 15.4. The Kier molecular flexibility index (Phi) is 7.00. The molecule has 1 amide bonds. The number of benzene rings is 2. The molecule has 0 atom stereocenters. The van der Waals surface area contributed by atoms with Crippen LogP contribution in [0.2, 0.25) is 15.1 Å². The summed E-state index contributed by atoms with van der Waals surface area (Å²) in [5.74, 6) is -0.145. The quantitative estimate of drug-likeness (QED) is 0.512. The van der Waals surface area contributed by atoms with Gasteiger partial charge in [0.15, 0.2) is 0 Å². The first-order chi connectivity index (χ1) is 13.5. The Morgan fingerprint density at radius 2 is 1.75 bits per heavy atom. The summed E-state index contributed by atoms with van der Waals surface area (Å²) in [5, 5.41) is 9.23. The Hall–Kier alpha value is -2.01. The zero-order valence-corrected chi connectivity index (χ0v) is 17.7. The minimum atomic E-state index is -0.145. The molecule has 146 valence electrons. The standard InChI is InChI=1S/C21H20Cl3N3O/c1-2-3-20-18(13-26-27(20)17-8-6-15(22)7-9-17)21(28)25-11-10-14-4-5-16(23)12-19(14)24/h4-9,12-13H,2-3,10-11H2,1H3,(H,25,28). The van der Waals surface area contributed by atoms with Gasteiger partial charge in [0.2, 0.25) is 0 Å². The maximum Gasteiger partial charge on any atom is 0.254 e. The number of rotatable bonds is 7. The van der Waals surface area contributed by atoms with Gasteiger partial charge >= 0.3 is 0 Å². The monoisotopic (exact) mass is 435 g/mol. The van der Waals surface area contributed by atoms with Crippen molar-refractivity contribution in [3.63, 3.8) is 0 Å². The number of hydrogen-bond donors (Lipinski definition) is 1.